The van der Waals surface area contributed by atoms with Gasteiger partial charge in [0.15, 0.2) is 0 Å². The molecule has 0 aliphatic carbocycles. The molecule has 10 nitrogen and oxygen atoms in total. The van der Waals surface area contributed by atoms with Crippen molar-refractivity contribution in [2.45, 2.75) is 90.4 Å². The van der Waals surface area contributed by atoms with Gasteiger partial charge in [0.1, 0.15) is 12.1 Å². The van der Waals surface area contributed by atoms with Crippen molar-refractivity contribution in [2.24, 2.45) is 11.8 Å². The average Bonchev–Trinajstić information content (AvgIpc) is 2.89. The number of ether oxygens (including phenoxy) is 1. The molecule has 0 saturated carbocycles. The summed E-state index contributed by atoms with van der Waals surface area (Å²) >= 11 is 0. The summed E-state index contributed by atoms with van der Waals surface area (Å²) in [6, 6.07) is 7.12. The van der Waals surface area contributed by atoms with E-state index >= 15 is 0 Å². The molecule has 0 spiro atoms. The molecule has 0 bridgehead atoms. The van der Waals surface area contributed by atoms with E-state index in [0.29, 0.717) is 25.7 Å². The molecule has 1 aliphatic heterocycles. The van der Waals surface area contributed by atoms with Gasteiger partial charge < -0.3 is 26.0 Å². The van der Waals surface area contributed by atoms with Crippen LogP contribution in [0, 0.1) is 11.8 Å². The first-order chi connectivity index (χ1) is 19.0. The third kappa shape index (κ3) is 11.2. The van der Waals surface area contributed by atoms with Gasteiger partial charge in [0.25, 0.3) is 5.91 Å². The monoisotopic (exact) mass is 556 g/mol. The summed E-state index contributed by atoms with van der Waals surface area (Å²) in [6.07, 6.45) is 4.74. The van der Waals surface area contributed by atoms with Gasteiger partial charge in [-0.15, -0.1) is 0 Å². The first kappa shape index (κ1) is 32.5. The van der Waals surface area contributed by atoms with Crippen LogP contribution in [0.2, 0.25) is 0 Å². The number of cyclic esters (lactones) is 1. The Morgan fingerprint density at radius 3 is 2.35 bits per heavy atom. The number of rotatable bonds is 8. The molecule has 1 aliphatic rings. The predicted molar refractivity (Wildman–Crippen MR) is 152 cm³/mol. The van der Waals surface area contributed by atoms with Crippen molar-refractivity contribution in [1.82, 2.24) is 21.3 Å². The number of hydrogen-bond donors (Lipinski definition) is 4. The van der Waals surface area contributed by atoms with Crippen molar-refractivity contribution in [3.05, 3.63) is 48.0 Å². The summed E-state index contributed by atoms with van der Waals surface area (Å²) in [5, 5.41) is 10.5. The molecule has 1 aromatic rings. The third-order valence-corrected chi connectivity index (χ3v) is 6.55. The quantitative estimate of drug-likeness (QED) is 0.287. The summed E-state index contributed by atoms with van der Waals surface area (Å²) in [5.41, 5.74) is 1.01. The fourth-order valence-corrected chi connectivity index (χ4v) is 4.57. The van der Waals surface area contributed by atoms with Crippen LogP contribution in [0.4, 0.5) is 4.79 Å². The molecular formula is C30H44N4O6. The SMILES string of the molecule is CNC(=O)C1C/C=C/CCC(Cc2ccccc2)OC(=O)N[C@@H](CC(C)C)C(=O)N[C@H](C(=O)C(=O)NC(C)C)C1. The molecule has 4 atom stereocenters. The number of nitrogens with one attached hydrogen (secondary N) is 4. The molecule has 1 aromatic carbocycles. The van der Waals surface area contributed by atoms with Crippen molar-refractivity contribution in [3.63, 3.8) is 0 Å². The van der Waals surface area contributed by atoms with Crippen LogP contribution in [-0.2, 0) is 30.3 Å². The number of alkyl carbamates (subject to hydrolysis) is 1. The van der Waals surface area contributed by atoms with Crippen molar-refractivity contribution < 1.29 is 28.7 Å². The minimum atomic E-state index is -1.26. The first-order valence-electron chi connectivity index (χ1n) is 14.0. The maximum atomic E-state index is 13.4. The Kier molecular flexibility index (Phi) is 13.4. The van der Waals surface area contributed by atoms with Crippen LogP contribution in [0.5, 0.6) is 0 Å². The highest BCUT2D eigenvalue weighted by Crippen LogP contribution is 2.18. The van der Waals surface area contributed by atoms with Gasteiger partial charge >= 0.3 is 6.09 Å². The van der Waals surface area contributed by atoms with Crippen LogP contribution in [0.25, 0.3) is 0 Å². The van der Waals surface area contributed by atoms with Gasteiger partial charge in [-0.2, -0.15) is 0 Å². The second-order valence-electron chi connectivity index (χ2n) is 10.9. The highest BCUT2D eigenvalue weighted by molar-refractivity contribution is 6.38. The van der Waals surface area contributed by atoms with Gasteiger partial charge in [0.2, 0.25) is 17.6 Å². The Morgan fingerprint density at radius 2 is 1.73 bits per heavy atom. The normalized spacial score (nSPS) is 23.6. The molecule has 10 heteroatoms. The molecule has 220 valence electrons. The summed E-state index contributed by atoms with van der Waals surface area (Å²) in [5.74, 6) is -3.26. The van der Waals surface area contributed by atoms with Gasteiger partial charge in [-0.05, 0) is 57.4 Å². The number of carbonyl (C=O) groups is 5. The van der Waals surface area contributed by atoms with E-state index in [1.54, 1.807) is 13.8 Å². The molecule has 0 radical (unpaired) electrons. The van der Waals surface area contributed by atoms with E-state index in [-0.39, 0.29) is 30.7 Å². The highest BCUT2D eigenvalue weighted by Gasteiger charge is 2.34. The van der Waals surface area contributed by atoms with Crippen molar-refractivity contribution in [2.75, 3.05) is 7.05 Å². The number of carbonyl (C=O) groups excluding carboxylic acids is 5. The Labute approximate surface area is 237 Å². The topological polar surface area (TPSA) is 143 Å². The van der Waals surface area contributed by atoms with E-state index < -0.39 is 47.8 Å². The first-order valence-corrected chi connectivity index (χ1v) is 14.0. The maximum Gasteiger partial charge on any atom is 0.408 e. The Balaban J connectivity index is 2.39. The van der Waals surface area contributed by atoms with Gasteiger partial charge in [0, 0.05) is 25.4 Å². The van der Waals surface area contributed by atoms with Gasteiger partial charge in [-0.25, -0.2) is 4.79 Å². The van der Waals surface area contributed by atoms with Crippen LogP contribution < -0.4 is 21.3 Å². The van der Waals surface area contributed by atoms with Crippen molar-refractivity contribution in [1.29, 1.82) is 0 Å². The van der Waals surface area contributed by atoms with E-state index in [1.807, 2.05) is 56.3 Å². The summed E-state index contributed by atoms with van der Waals surface area (Å²) < 4.78 is 5.76. The lowest BCUT2D eigenvalue weighted by Crippen LogP contribution is -2.55. The Morgan fingerprint density at radius 1 is 1.02 bits per heavy atom. The van der Waals surface area contributed by atoms with Crippen LogP contribution in [0.15, 0.2) is 42.5 Å². The smallest absolute Gasteiger partial charge is 0.408 e. The van der Waals surface area contributed by atoms with E-state index in [9.17, 15) is 24.0 Å². The zero-order valence-corrected chi connectivity index (χ0v) is 24.2. The summed E-state index contributed by atoms with van der Waals surface area (Å²) in [6.45, 7) is 7.25. The van der Waals surface area contributed by atoms with E-state index in [1.165, 1.54) is 7.05 Å². The fourth-order valence-electron chi connectivity index (χ4n) is 4.57. The number of hydrogen-bond acceptors (Lipinski definition) is 6. The second kappa shape index (κ2) is 16.4. The molecule has 0 aromatic heterocycles. The van der Waals surface area contributed by atoms with Gasteiger partial charge in [-0.1, -0.05) is 56.3 Å². The highest BCUT2D eigenvalue weighted by atomic mass is 16.6. The number of Topliss-reactive ketones (excluding diaryl/α,β-unsaturated/α-hetero) is 1. The number of ketones is 1. The van der Waals surface area contributed by atoms with Crippen molar-refractivity contribution >= 4 is 29.6 Å². The molecule has 0 fully saturated rings. The van der Waals surface area contributed by atoms with E-state index in [2.05, 4.69) is 21.3 Å². The lowest BCUT2D eigenvalue weighted by atomic mass is 9.92. The lowest BCUT2D eigenvalue weighted by Gasteiger charge is -2.26. The Bertz CT molecular complexity index is 1040. The summed E-state index contributed by atoms with van der Waals surface area (Å²) in [4.78, 5) is 64.9. The molecule has 4 N–H and O–H groups in total. The number of amides is 4. The standard InChI is InChI=1S/C30H44N4O6/c1-19(2)16-25-28(37)33-24(26(35)29(38)32-20(3)4)18-22(27(36)31-5)14-10-7-11-15-23(40-30(39)34-25)17-21-12-8-6-9-13-21/h6-10,12-13,19-20,22-25H,11,14-18H2,1-5H3,(H,31,36)(H,32,38)(H,33,37)(H,34,39)/b10-7+/t22?,23?,24-,25-/m0/s1. The maximum absolute atomic E-state index is 13.4. The average molecular weight is 557 g/mol. The number of allylic oxidation sites excluding steroid dienone is 2. The van der Waals surface area contributed by atoms with Gasteiger partial charge in [0.05, 0.1) is 6.04 Å². The summed E-state index contributed by atoms with van der Waals surface area (Å²) in [7, 11) is 1.50. The number of benzene rings is 1. The van der Waals surface area contributed by atoms with Crippen LogP contribution >= 0.6 is 0 Å². The van der Waals surface area contributed by atoms with Crippen LogP contribution in [-0.4, -0.2) is 60.9 Å². The lowest BCUT2D eigenvalue weighted by molar-refractivity contribution is -0.141. The molecule has 0 saturated heterocycles. The van der Waals surface area contributed by atoms with E-state index in [0.717, 1.165) is 5.56 Å². The fraction of sp³-hybridized carbons (Fsp3) is 0.567. The van der Waals surface area contributed by atoms with Gasteiger partial charge in [-0.3, -0.25) is 19.2 Å². The van der Waals surface area contributed by atoms with Crippen molar-refractivity contribution in [3.8, 4) is 0 Å². The minimum absolute atomic E-state index is 0.0273. The van der Waals surface area contributed by atoms with E-state index in [4.69, 9.17) is 4.74 Å². The molecule has 2 rings (SSSR count). The molecule has 40 heavy (non-hydrogen) atoms. The zero-order valence-electron chi connectivity index (χ0n) is 24.2. The molecule has 4 amide bonds. The Hall–Kier alpha value is -3.69. The molecular weight excluding hydrogens is 512 g/mol. The van der Waals surface area contributed by atoms with Crippen LogP contribution in [0.1, 0.15) is 65.4 Å². The third-order valence-electron chi connectivity index (χ3n) is 6.55. The second-order valence-corrected chi connectivity index (χ2v) is 10.9. The predicted octanol–water partition coefficient (Wildman–Crippen LogP) is 2.81. The van der Waals surface area contributed by atoms with Crippen LogP contribution in [0.3, 0.4) is 0 Å². The molecule has 1 heterocycles. The largest absolute Gasteiger partial charge is 0.446 e. The minimum Gasteiger partial charge on any atom is -0.446 e. The zero-order chi connectivity index (χ0) is 29.7. The molecule has 2 unspecified atom stereocenters.